The highest BCUT2D eigenvalue weighted by Crippen LogP contribution is 2.66. The van der Waals surface area contributed by atoms with Crippen LogP contribution in [0.5, 0.6) is 0 Å². The quantitative estimate of drug-likeness (QED) is 0.826. The van der Waals surface area contributed by atoms with Crippen molar-refractivity contribution in [3.63, 3.8) is 0 Å². The Hall–Kier alpha value is -0.130. The minimum atomic E-state index is -3.35. The molecule has 0 aromatic heterocycles. The molecule has 0 spiro atoms. The van der Waals surface area contributed by atoms with Crippen molar-refractivity contribution >= 4 is 10.0 Å². The second kappa shape index (κ2) is 3.95. The van der Waals surface area contributed by atoms with Crippen molar-refractivity contribution in [2.45, 2.75) is 57.9 Å². The highest BCUT2D eigenvalue weighted by molar-refractivity contribution is 7.89. The molecule has 4 aliphatic carbocycles. The minimum absolute atomic E-state index is 0.174. The van der Waals surface area contributed by atoms with E-state index in [1.807, 2.05) is 0 Å². The molecule has 0 aromatic carbocycles. The van der Waals surface area contributed by atoms with E-state index < -0.39 is 10.0 Å². The van der Waals surface area contributed by atoms with Gasteiger partial charge >= 0.3 is 0 Å². The van der Waals surface area contributed by atoms with Gasteiger partial charge in [-0.1, -0.05) is 13.8 Å². The van der Waals surface area contributed by atoms with Gasteiger partial charge in [0.2, 0.25) is 10.0 Å². The van der Waals surface area contributed by atoms with Crippen molar-refractivity contribution in [3.05, 3.63) is 0 Å². The van der Waals surface area contributed by atoms with Gasteiger partial charge in [-0.05, 0) is 55.3 Å². The maximum atomic E-state index is 12.1. The van der Waals surface area contributed by atoms with Crippen LogP contribution < -0.4 is 4.72 Å². The van der Waals surface area contributed by atoms with E-state index in [0.717, 1.165) is 19.3 Å². The predicted octanol–water partition coefficient (Wildman–Crippen LogP) is 1.65. The van der Waals surface area contributed by atoms with Crippen molar-refractivity contribution in [2.24, 2.45) is 16.7 Å². The minimum Gasteiger partial charge on any atom is -0.395 e. The van der Waals surface area contributed by atoms with E-state index in [2.05, 4.69) is 18.6 Å². The zero-order chi connectivity index (χ0) is 13.9. The van der Waals surface area contributed by atoms with Gasteiger partial charge in [0.1, 0.15) is 0 Å². The Kier molecular flexibility index (Phi) is 2.88. The van der Waals surface area contributed by atoms with Crippen LogP contribution in [0.25, 0.3) is 0 Å². The molecule has 0 heterocycles. The third kappa shape index (κ3) is 2.45. The van der Waals surface area contributed by atoms with Gasteiger partial charge in [-0.3, -0.25) is 0 Å². The number of rotatable bonds is 4. The molecule has 0 saturated heterocycles. The Morgan fingerprint density at radius 2 is 1.68 bits per heavy atom. The Labute approximate surface area is 116 Å². The largest absolute Gasteiger partial charge is 0.395 e. The Bertz CT molecular complexity index is 469. The summed E-state index contributed by atoms with van der Waals surface area (Å²) < 4.78 is 27.1. The van der Waals surface area contributed by atoms with Crippen molar-refractivity contribution in [2.75, 3.05) is 12.4 Å². The number of aliphatic hydroxyl groups is 1. The molecular formula is C14H25NO3S. The van der Waals surface area contributed by atoms with Crippen molar-refractivity contribution in [1.82, 2.24) is 4.72 Å². The monoisotopic (exact) mass is 287 g/mol. The number of hydrogen-bond acceptors (Lipinski definition) is 3. The van der Waals surface area contributed by atoms with Gasteiger partial charge in [0, 0.05) is 5.54 Å². The second-order valence-corrected chi connectivity index (χ2v) is 9.90. The standard InChI is InChI=1S/C14H25NO3S/c1-12-5-11-6-13(2,8-12)10-14(7-11,9-12)15-19(17,18)4-3-16/h11,15-16H,3-10H2,1-2H3. The number of hydrogen-bond donors (Lipinski definition) is 2. The van der Waals surface area contributed by atoms with Crippen molar-refractivity contribution in [1.29, 1.82) is 0 Å². The van der Waals surface area contributed by atoms with Crippen molar-refractivity contribution in [3.8, 4) is 0 Å². The average molecular weight is 287 g/mol. The van der Waals surface area contributed by atoms with E-state index in [9.17, 15) is 8.42 Å². The maximum absolute atomic E-state index is 12.1. The molecule has 4 rings (SSSR count). The molecule has 2 atom stereocenters. The van der Waals surface area contributed by atoms with Crippen LogP contribution in [0.2, 0.25) is 0 Å². The van der Waals surface area contributed by atoms with Crippen LogP contribution in [0.4, 0.5) is 0 Å². The summed E-state index contributed by atoms with van der Waals surface area (Å²) in [6.45, 7) is 4.35. The van der Waals surface area contributed by atoms with Crippen LogP contribution in [0.3, 0.4) is 0 Å². The molecular weight excluding hydrogens is 262 g/mol. The molecule has 19 heavy (non-hydrogen) atoms. The van der Waals surface area contributed by atoms with E-state index in [1.54, 1.807) is 0 Å². The van der Waals surface area contributed by atoms with Crippen LogP contribution in [-0.2, 0) is 10.0 Å². The maximum Gasteiger partial charge on any atom is 0.214 e. The number of sulfonamides is 1. The van der Waals surface area contributed by atoms with Gasteiger partial charge in [-0.25, -0.2) is 13.1 Å². The van der Waals surface area contributed by atoms with E-state index in [4.69, 9.17) is 5.11 Å². The van der Waals surface area contributed by atoms with Crippen LogP contribution >= 0.6 is 0 Å². The fraction of sp³-hybridized carbons (Fsp3) is 1.00. The zero-order valence-corrected chi connectivity index (χ0v) is 12.7. The van der Waals surface area contributed by atoms with Gasteiger partial charge < -0.3 is 5.11 Å². The summed E-state index contributed by atoms with van der Waals surface area (Å²) in [6.07, 6.45) is 6.68. The first kappa shape index (κ1) is 13.8. The fourth-order valence-electron chi connectivity index (χ4n) is 6.06. The Morgan fingerprint density at radius 1 is 1.11 bits per heavy atom. The summed E-state index contributed by atoms with van der Waals surface area (Å²) in [4.78, 5) is 0. The second-order valence-electron chi connectivity index (χ2n) is 8.05. The molecule has 4 saturated carbocycles. The molecule has 4 bridgehead atoms. The van der Waals surface area contributed by atoms with Crippen LogP contribution in [-0.4, -0.2) is 31.4 Å². The topological polar surface area (TPSA) is 66.4 Å². The smallest absolute Gasteiger partial charge is 0.214 e. The zero-order valence-electron chi connectivity index (χ0n) is 11.9. The van der Waals surface area contributed by atoms with Crippen LogP contribution in [0.1, 0.15) is 52.4 Å². The lowest BCUT2D eigenvalue weighted by molar-refractivity contribution is -0.110. The molecule has 0 amide bonds. The third-order valence-corrected chi connectivity index (χ3v) is 6.82. The molecule has 0 radical (unpaired) electrons. The van der Waals surface area contributed by atoms with E-state index in [0.29, 0.717) is 16.7 Å². The van der Waals surface area contributed by atoms with E-state index in [-0.39, 0.29) is 17.9 Å². The third-order valence-electron chi connectivity index (χ3n) is 5.36. The molecule has 5 heteroatoms. The first-order chi connectivity index (χ1) is 8.67. The summed E-state index contributed by atoms with van der Waals surface area (Å²) in [5, 5.41) is 8.90. The first-order valence-electron chi connectivity index (χ1n) is 7.30. The number of aliphatic hydroxyl groups excluding tert-OH is 1. The lowest BCUT2D eigenvalue weighted by Gasteiger charge is -2.65. The summed E-state index contributed by atoms with van der Waals surface area (Å²) in [5.41, 5.74) is 0.364. The summed E-state index contributed by atoms with van der Waals surface area (Å²) in [6, 6.07) is 0. The SMILES string of the molecule is CC12CC3CC(C)(C1)CC(NS(=O)(=O)CCO)(C3)C2. The molecule has 2 N–H and O–H groups in total. The molecule has 4 nitrogen and oxygen atoms in total. The molecule has 2 unspecified atom stereocenters. The highest BCUT2D eigenvalue weighted by Gasteiger charge is 2.60. The lowest BCUT2D eigenvalue weighted by atomic mass is 9.43. The molecule has 4 aliphatic rings. The van der Waals surface area contributed by atoms with Gasteiger partial charge in [0.15, 0.2) is 0 Å². The van der Waals surface area contributed by atoms with Gasteiger partial charge in [-0.15, -0.1) is 0 Å². The van der Waals surface area contributed by atoms with Crippen molar-refractivity contribution < 1.29 is 13.5 Å². The van der Waals surface area contributed by atoms with E-state index in [1.165, 1.54) is 19.3 Å². The molecule has 0 aromatic rings. The van der Waals surface area contributed by atoms with Crippen LogP contribution in [0.15, 0.2) is 0 Å². The highest BCUT2D eigenvalue weighted by atomic mass is 32.2. The number of nitrogens with one attached hydrogen (secondary N) is 1. The Morgan fingerprint density at radius 3 is 2.16 bits per heavy atom. The fourth-order valence-corrected chi connectivity index (χ4v) is 7.29. The summed E-state index contributed by atoms with van der Waals surface area (Å²) in [7, 11) is -3.35. The summed E-state index contributed by atoms with van der Waals surface area (Å²) in [5.74, 6) is 0.496. The lowest BCUT2D eigenvalue weighted by Crippen LogP contribution is -2.65. The summed E-state index contributed by atoms with van der Waals surface area (Å²) >= 11 is 0. The van der Waals surface area contributed by atoms with Gasteiger partial charge in [-0.2, -0.15) is 0 Å². The van der Waals surface area contributed by atoms with E-state index >= 15 is 0 Å². The first-order valence-corrected chi connectivity index (χ1v) is 8.95. The Balaban J connectivity index is 1.89. The van der Waals surface area contributed by atoms with Gasteiger partial charge in [0.25, 0.3) is 0 Å². The van der Waals surface area contributed by atoms with Crippen LogP contribution in [0, 0.1) is 16.7 Å². The van der Waals surface area contributed by atoms with Gasteiger partial charge in [0.05, 0.1) is 12.4 Å². The molecule has 110 valence electrons. The predicted molar refractivity (Wildman–Crippen MR) is 74.1 cm³/mol. The average Bonchev–Trinajstić information content (AvgIpc) is 2.07. The molecule has 4 fully saturated rings. The normalized spacial score (nSPS) is 48.7. The molecule has 0 aliphatic heterocycles.